The Morgan fingerprint density at radius 3 is 3.00 bits per heavy atom. The molecule has 0 saturated heterocycles. The maximum absolute atomic E-state index is 5.56. The molecule has 12 heavy (non-hydrogen) atoms. The smallest absolute Gasteiger partial charge is 0.151 e. The van der Waals surface area contributed by atoms with Crippen molar-refractivity contribution in [2.45, 2.75) is 0 Å². The second-order valence-corrected chi connectivity index (χ2v) is 3.05. The summed E-state index contributed by atoms with van der Waals surface area (Å²) in [5.41, 5.74) is 6.18. The van der Waals surface area contributed by atoms with Gasteiger partial charge in [0.15, 0.2) is 5.82 Å². The van der Waals surface area contributed by atoms with Crippen LogP contribution in [0.25, 0.3) is 6.08 Å². The van der Waals surface area contributed by atoms with Crippen LogP contribution in [0.1, 0.15) is 5.69 Å². The molecule has 1 aromatic rings. The van der Waals surface area contributed by atoms with Crippen molar-refractivity contribution in [3.63, 3.8) is 0 Å². The summed E-state index contributed by atoms with van der Waals surface area (Å²) in [4.78, 5) is 7.83. The Morgan fingerprint density at radius 2 is 2.42 bits per heavy atom. The van der Waals surface area contributed by atoms with Crippen molar-refractivity contribution in [3.8, 4) is 0 Å². The first-order valence-electron chi connectivity index (χ1n) is 3.24. The van der Waals surface area contributed by atoms with E-state index in [4.69, 9.17) is 17.3 Å². The first kappa shape index (κ1) is 9.48. The van der Waals surface area contributed by atoms with E-state index in [-0.39, 0.29) is 0 Å². The third-order valence-corrected chi connectivity index (χ3v) is 1.72. The Bertz CT molecular complexity index is 301. The van der Waals surface area contributed by atoms with Gasteiger partial charge < -0.3 is 5.73 Å². The number of rotatable bonds is 2. The number of anilines is 1. The Labute approximate surface area is 83.8 Å². The average Bonchev–Trinajstić information content (AvgIpc) is 2.03. The van der Waals surface area contributed by atoms with Crippen LogP contribution >= 0.6 is 27.5 Å². The topological polar surface area (TPSA) is 51.8 Å². The van der Waals surface area contributed by atoms with Gasteiger partial charge in [0.2, 0.25) is 0 Å². The lowest BCUT2D eigenvalue weighted by Gasteiger charge is -1.97. The molecule has 0 spiro atoms. The van der Waals surface area contributed by atoms with E-state index in [2.05, 4.69) is 25.9 Å². The number of hydrogen-bond donors (Lipinski definition) is 1. The van der Waals surface area contributed by atoms with Gasteiger partial charge in [-0.25, -0.2) is 9.97 Å². The largest absolute Gasteiger partial charge is 0.382 e. The van der Waals surface area contributed by atoms with Crippen LogP contribution in [0.2, 0.25) is 5.15 Å². The number of aromatic nitrogens is 2. The van der Waals surface area contributed by atoms with E-state index in [0.717, 1.165) is 5.33 Å². The minimum Gasteiger partial charge on any atom is -0.382 e. The molecule has 1 aromatic heterocycles. The Kier molecular flexibility index (Phi) is 3.49. The number of allylic oxidation sites excluding steroid dienone is 1. The summed E-state index contributed by atoms with van der Waals surface area (Å²) in [7, 11) is 0. The molecule has 0 aromatic carbocycles. The molecule has 0 fully saturated rings. The summed E-state index contributed by atoms with van der Waals surface area (Å²) in [6, 6.07) is 0. The molecule has 2 N–H and O–H groups in total. The van der Waals surface area contributed by atoms with Crippen molar-refractivity contribution in [3.05, 3.63) is 23.1 Å². The first-order valence-corrected chi connectivity index (χ1v) is 4.74. The zero-order valence-electron chi connectivity index (χ0n) is 6.17. The number of halogens is 2. The highest BCUT2D eigenvalue weighted by Gasteiger charge is 1.97. The molecule has 0 saturated carbocycles. The highest BCUT2D eigenvalue weighted by atomic mass is 79.9. The minimum absolute atomic E-state index is 0.309. The molecule has 0 unspecified atom stereocenters. The SMILES string of the molecule is Nc1nc(Cl)cnc1C=CCBr. The second-order valence-electron chi connectivity index (χ2n) is 2.02. The van der Waals surface area contributed by atoms with Crippen molar-refractivity contribution in [2.75, 3.05) is 11.1 Å². The van der Waals surface area contributed by atoms with Gasteiger partial charge in [-0.15, -0.1) is 0 Å². The fourth-order valence-corrected chi connectivity index (χ4v) is 1.00. The number of alkyl halides is 1. The van der Waals surface area contributed by atoms with E-state index in [9.17, 15) is 0 Å². The minimum atomic E-state index is 0.309. The summed E-state index contributed by atoms with van der Waals surface area (Å²) in [6.07, 6.45) is 5.13. The van der Waals surface area contributed by atoms with Crippen LogP contribution < -0.4 is 5.73 Å². The van der Waals surface area contributed by atoms with Crippen LogP contribution in [-0.4, -0.2) is 15.3 Å². The predicted molar refractivity (Wildman–Crippen MR) is 54.3 cm³/mol. The normalized spacial score (nSPS) is 10.8. The molecule has 64 valence electrons. The number of nitrogens with two attached hydrogens (primary N) is 1. The fraction of sp³-hybridized carbons (Fsp3) is 0.143. The van der Waals surface area contributed by atoms with Crippen molar-refractivity contribution in [2.24, 2.45) is 0 Å². The van der Waals surface area contributed by atoms with Gasteiger partial charge in [0.1, 0.15) is 10.8 Å². The van der Waals surface area contributed by atoms with Gasteiger partial charge in [-0.05, 0) is 6.08 Å². The molecule has 1 rings (SSSR count). The van der Waals surface area contributed by atoms with Gasteiger partial charge in [-0.1, -0.05) is 33.6 Å². The van der Waals surface area contributed by atoms with Crippen LogP contribution in [-0.2, 0) is 0 Å². The zero-order chi connectivity index (χ0) is 8.97. The molecular formula is C7H7BrClN3. The third kappa shape index (κ3) is 2.46. The zero-order valence-corrected chi connectivity index (χ0v) is 8.51. The van der Waals surface area contributed by atoms with Gasteiger partial charge in [0, 0.05) is 5.33 Å². The third-order valence-electron chi connectivity index (χ3n) is 1.16. The highest BCUT2D eigenvalue weighted by molar-refractivity contribution is 9.09. The standard InChI is InChI=1S/C7H7BrClN3/c8-3-1-2-5-7(10)12-6(9)4-11-5/h1-2,4H,3H2,(H2,10,12). The second kappa shape index (κ2) is 4.42. The molecule has 0 radical (unpaired) electrons. The Morgan fingerprint density at radius 1 is 1.67 bits per heavy atom. The first-order chi connectivity index (χ1) is 5.74. The molecule has 0 atom stereocenters. The Balaban J connectivity index is 2.94. The van der Waals surface area contributed by atoms with E-state index in [0.29, 0.717) is 16.7 Å². The van der Waals surface area contributed by atoms with E-state index in [1.165, 1.54) is 6.20 Å². The van der Waals surface area contributed by atoms with Crippen LogP contribution in [0.3, 0.4) is 0 Å². The predicted octanol–water partition coefficient (Wildman–Crippen LogP) is 2.12. The summed E-state index contributed by atoms with van der Waals surface area (Å²) in [6.45, 7) is 0. The molecule has 0 bridgehead atoms. The molecule has 0 aliphatic rings. The Hall–Kier alpha value is -0.610. The lowest BCUT2D eigenvalue weighted by molar-refractivity contribution is 1.19. The van der Waals surface area contributed by atoms with Gasteiger partial charge in [-0.2, -0.15) is 0 Å². The van der Waals surface area contributed by atoms with Gasteiger partial charge in [-0.3, -0.25) is 0 Å². The van der Waals surface area contributed by atoms with E-state index in [1.807, 2.05) is 6.08 Å². The van der Waals surface area contributed by atoms with Crippen LogP contribution in [0.5, 0.6) is 0 Å². The maximum Gasteiger partial charge on any atom is 0.151 e. The van der Waals surface area contributed by atoms with Crippen LogP contribution in [0.15, 0.2) is 12.3 Å². The highest BCUT2D eigenvalue weighted by Crippen LogP contribution is 2.11. The lowest BCUT2D eigenvalue weighted by atomic mass is 10.4. The molecule has 0 aliphatic heterocycles. The average molecular weight is 249 g/mol. The fourth-order valence-electron chi connectivity index (χ4n) is 0.675. The quantitative estimate of drug-likeness (QED) is 0.816. The summed E-state index contributed by atoms with van der Waals surface area (Å²) >= 11 is 8.81. The van der Waals surface area contributed by atoms with Gasteiger partial charge >= 0.3 is 0 Å². The van der Waals surface area contributed by atoms with Crippen molar-refractivity contribution < 1.29 is 0 Å². The number of hydrogen-bond acceptors (Lipinski definition) is 3. The monoisotopic (exact) mass is 247 g/mol. The van der Waals surface area contributed by atoms with Crippen LogP contribution in [0, 0.1) is 0 Å². The molecule has 0 aliphatic carbocycles. The van der Waals surface area contributed by atoms with Crippen molar-refractivity contribution >= 4 is 39.4 Å². The summed E-state index contributed by atoms with van der Waals surface area (Å²) in [5.74, 6) is 0.347. The molecule has 1 heterocycles. The molecular weight excluding hydrogens is 241 g/mol. The van der Waals surface area contributed by atoms with Crippen molar-refractivity contribution in [1.29, 1.82) is 0 Å². The summed E-state index contributed by atoms with van der Waals surface area (Å²) < 4.78 is 0. The summed E-state index contributed by atoms with van der Waals surface area (Å²) in [5, 5.41) is 1.07. The number of nitrogens with zero attached hydrogens (tertiary/aromatic N) is 2. The van der Waals surface area contributed by atoms with Gasteiger partial charge in [0.25, 0.3) is 0 Å². The molecule has 0 amide bonds. The maximum atomic E-state index is 5.56. The van der Waals surface area contributed by atoms with E-state index in [1.54, 1.807) is 6.08 Å². The molecule has 5 heteroatoms. The number of nitrogen functional groups attached to an aromatic ring is 1. The lowest BCUT2D eigenvalue weighted by Crippen LogP contribution is -1.96. The molecule has 3 nitrogen and oxygen atoms in total. The van der Waals surface area contributed by atoms with Crippen molar-refractivity contribution in [1.82, 2.24) is 9.97 Å². The van der Waals surface area contributed by atoms with E-state index >= 15 is 0 Å². The van der Waals surface area contributed by atoms with E-state index < -0.39 is 0 Å². The van der Waals surface area contributed by atoms with Crippen LogP contribution in [0.4, 0.5) is 5.82 Å². The van der Waals surface area contributed by atoms with Gasteiger partial charge in [0.05, 0.1) is 6.20 Å².